The molecule has 2 rings (SSSR count). The highest BCUT2D eigenvalue weighted by Gasteiger charge is 2.23. The molecule has 0 bridgehead atoms. The van der Waals surface area contributed by atoms with Crippen LogP contribution in [-0.2, 0) is 0 Å². The predicted molar refractivity (Wildman–Crippen MR) is 46.3 cm³/mol. The summed E-state index contributed by atoms with van der Waals surface area (Å²) in [6.45, 7) is 0.879. The summed E-state index contributed by atoms with van der Waals surface area (Å²) in [7, 11) is 0. The van der Waals surface area contributed by atoms with Crippen LogP contribution >= 0.6 is 0 Å². The van der Waals surface area contributed by atoms with Crippen LogP contribution in [0.4, 0.5) is 5.95 Å². The number of hydrogen-bond acceptors (Lipinski definition) is 4. The van der Waals surface area contributed by atoms with E-state index >= 15 is 0 Å². The molecule has 0 atom stereocenters. The summed E-state index contributed by atoms with van der Waals surface area (Å²) in [6.07, 6.45) is 5.99. The van der Waals surface area contributed by atoms with E-state index in [0.29, 0.717) is 5.95 Å². The van der Waals surface area contributed by atoms with E-state index in [0.717, 1.165) is 12.5 Å². The lowest BCUT2D eigenvalue weighted by atomic mass is 10.4. The standard InChI is InChI=1S/C8H12N4/c9-12(6-7-2-3-7)8-10-4-1-5-11-8/h1,4-5,7H,2-3,6,9H2. The van der Waals surface area contributed by atoms with Crippen molar-refractivity contribution in [1.82, 2.24) is 9.97 Å². The summed E-state index contributed by atoms with van der Waals surface area (Å²) in [5, 5.41) is 1.62. The second kappa shape index (κ2) is 3.06. The smallest absolute Gasteiger partial charge is 0.239 e. The zero-order chi connectivity index (χ0) is 8.39. The molecule has 0 spiro atoms. The second-order valence-electron chi connectivity index (χ2n) is 3.14. The molecule has 0 radical (unpaired) electrons. The van der Waals surface area contributed by atoms with Gasteiger partial charge in [-0.25, -0.2) is 15.8 Å². The van der Waals surface area contributed by atoms with E-state index in [-0.39, 0.29) is 0 Å². The minimum absolute atomic E-state index is 0.615. The zero-order valence-corrected chi connectivity index (χ0v) is 6.85. The quantitative estimate of drug-likeness (QED) is 0.524. The average molecular weight is 164 g/mol. The molecule has 1 aliphatic carbocycles. The molecule has 0 aromatic carbocycles. The van der Waals surface area contributed by atoms with Crippen LogP contribution in [-0.4, -0.2) is 16.5 Å². The molecule has 0 unspecified atom stereocenters. The number of aromatic nitrogens is 2. The van der Waals surface area contributed by atoms with E-state index in [1.165, 1.54) is 12.8 Å². The van der Waals surface area contributed by atoms with Crippen LogP contribution in [0.3, 0.4) is 0 Å². The Labute approximate surface area is 71.4 Å². The second-order valence-corrected chi connectivity index (χ2v) is 3.14. The SMILES string of the molecule is NN(CC1CC1)c1ncccn1. The summed E-state index contributed by atoms with van der Waals surface area (Å²) in [6, 6.07) is 1.79. The van der Waals surface area contributed by atoms with Gasteiger partial charge in [0, 0.05) is 18.9 Å². The van der Waals surface area contributed by atoms with Crippen molar-refractivity contribution in [1.29, 1.82) is 0 Å². The Balaban J connectivity index is 1.98. The topological polar surface area (TPSA) is 55.0 Å². The third kappa shape index (κ3) is 1.71. The molecule has 2 N–H and O–H groups in total. The molecule has 0 amide bonds. The number of nitrogens with two attached hydrogens (primary N) is 1. The van der Waals surface area contributed by atoms with E-state index in [1.807, 2.05) is 0 Å². The van der Waals surface area contributed by atoms with Crippen molar-refractivity contribution in [2.75, 3.05) is 11.6 Å². The third-order valence-corrected chi connectivity index (χ3v) is 1.96. The Morgan fingerprint density at radius 2 is 2.08 bits per heavy atom. The van der Waals surface area contributed by atoms with Crippen LogP contribution < -0.4 is 10.9 Å². The fourth-order valence-corrected chi connectivity index (χ4v) is 1.10. The first-order valence-corrected chi connectivity index (χ1v) is 4.15. The van der Waals surface area contributed by atoms with Crippen molar-refractivity contribution < 1.29 is 0 Å². The zero-order valence-electron chi connectivity index (χ0n) is 6.85. The summed E-state index contributed by atoms with van der Waals surface area (Å²) < 4.78 is 0. The largest absolute Gasteiger partial charge is 0.279 e. The molecule has 1 aliphatic rings. The minimum atomic E-state index is 0.615. The molecule has 0 aliphatic heterocycles. The van der Waals surface area contributed by atoms with Gasteiger partial charge in [-0.05, 0) is 24.8 Å². The molecule has 4 nitrogen and oxygen atoms in total. The average Bonchev–Trinajstić information content (AvgIpc) is 2.90. The molecule has 0 saturated heterocycles. The lowest BCUT2D eigenvalue weighted by Gasteiger charge is -2.14. The molecule has 12 heavy (non-hydrogen) atoms. The number of hydrogen-bond donors (Lipinski definition) is 1. The lowest BCUT2D eigenvalue weighted by Crippen LogP contribution is -2.34. The van der Waals surface area contributed by atoms with Gasteiger partial charge in [0.15, 0.2) is 0 Å². The van der Waals surface area contributed by atoms with Crippen molar-refractivity contribution in [2.45, 2.75) is 12.8 Å². The van der Waals surface area contributed by atoms with Crippen molar-refractivity contribution in [3.63, 3.8) is 0 Å². The van der Waals surface area contributed by atoms with Gasteiger partial charge in [-0.3, -0.25) is 5.01 Å². The molecule has 1 fully saturated rings. The van der Waals surface area contributed by atoms with Gasteiger partial charge in [-0.15, -0.1) is 0 Å². The van der Waals surface area contributed by atoms with Crippen molar-refractivity contribution in [3.8, 4) is 0 Å². The van der Waals surface area contributed by atoms with Crippen LogP contribution in [0.5, 0.6) is 0 Å². The molecule has 4 heteroatoms. The van der Waals surface area contributed by atoms with Crippen molar-refractivity contribution in [2.24, 2.45) is 11.8 Å². The fraction of sp³-hybridized carbons (Fsp3) is 0.500. The minimum Gasteiger partial charge on any atom is -0.279 e. The van der Waals surface area contributed by atoms with Gasteiger partial charge < -0.3 is 0 Å². The van der Waals surface area contributed by atoms with Crippen LogP contribution in [0.1, 0.15) is 12.8 Å². The highest BCUT2D eigenvalue weighted by atomic mass is 15.5. The van der Waals surface area contributed by atoms with E-state index in [2.05, 4.69) is 9.97 Å². The highest BCUT2D eigenvalue weighted by molar-refractivity contribution is 5.25. The maximum absolute atomic E-state index is 5.74. The van der Waals surface area contributed by atoms with E-state index in [4.69, 9.17) is 5.84 Å². The maximum Gasteiger partial charge on any atom is 0.239 e. The summed E-state index contributed by atoms with van der Waals surface area (Å²) in [5.74, 6) is 7.12. The van der Waals surface area contributed by atoms with E-state index < -0.39 is 0 Å². The van der Waals surface area contributed by atoms with Crippen molar-refractivity contribution >= 4 is 5.95 Å². The van der Waals surface area contributed by atoms with Crippen LogP contribution in [0, 0.1) is 5.92 Å². The van der Waals surface area contributed by atoms with Gasteiger partial charge in [0.1, 0.15) is 0 Å². The monoisotopic (exact) mass is 164 g/mol. The number of rotatable bonds is 3. The van der Waals surface area contributed by atoms with Crippen LogP contribution in [0.15, 0.2) is 18.5 Å². The molecule has 1 aromatic rings. The van der Waals surface area contributed by atoms with Gasteiger partial charge in [0.05, 0.1) is 0 Å². The Morgan fingerprint density at radius 3 is 2.67 bits per heavy atom. The first kappa shape index (κ1) is 7.49. The Morgan fingerprint density at radius 1 is 1.42 bits per heavy atom. The predicted octanol–water partition coefficient (Wildman–Crippen LogP) is 0.567. The van der Waals surface area contributed by atoms with Gasteiger partial charge in [0.2, 0.25) is 5.95 Å². The molecule has 64 valence electrons. The molecule has 1 heterocycles. The summed E-state index contributed by atoms with van der Waals surface area (Å²) in [5.41, 5.74) is 0. The van der Waals surface area contributed by atoms with Crippen molar-refractivity contribution in [3.05, 3.63) is 18.5 Å². The van der Waals surface area contributed by atoms with Crippen LogP contribution in [0.25, 0.3) is 0 Å². The molecule has 1 aromatic heterocycles. The summed E-state index contributed by atoms with van der Waals surface area (Å²) in [4.78, 5) is 8.10. The highest BCUT2D eigenvalue weighted by Crippen LogP contribution is 2.29. The maximum atomic E-state index is 5.74. The lowest BCUT2D eigenvalue weighted by molar-refractivity contribution is 0.727. The number of anilines is 1. The Kier molecular flexibility index (Phi) is 1.91. The van der Waals surface area contributed by atoms with E-state index in [1.54, 1.807) is 23.5 Å². The molecule has 1 saturated carbocycles. The first-order valence-electron chi connectivity index (χ1n) is 4.15. The normalized spacial score (nSPS) is 16.1. The fourth-order valence-electron chi connectivity index (χ4n) is 1.10. The Bertz CT molecular complexity index is 244. The first-order chi connectivity index (χ1) is 5.86. The summed E-state index contributed by atoms with van der Waals surface area (Å²) >= 11 is 0. The third-order valence-electron chi connectivity index (χ3n) is 1.96. The van der Waals surface area contributed by atoms with Gasteiger partial charge in [-0.2, -0.15) is 0 Å². The molecular weight excluding hydrogens is 152 g/mol. The van der Waals surface area contributed by atoms with E-state index in [9.17, 15) is 0 Å². The van der Waals surface area contributed by atoms with Gasteiger partial charge in [0.25, 0.3) is 0 Å². The van der Waals surface area contributed by atoms with Gasteiger partial charge in [-0.1, -0.05) is 0 Å². The van der Waals surface area contributed by atoms with Crippen LogP contribution in [0.2, 0.25) is 0 Å². The Hall–Kier alpha value is -1.16. The molecular formula is C8H12N4. The van der Waals surface area contributed by atoms with Gasteiger partial charge >= 0.3 is 0 Å². The number of hydrazine groups is 1. The number of nitrogens with zero attached hydrogens (tertiary/aromatic N) is 3.